The lowest BCUT2D eigenvalue weighted by Crippen LogP contribution is -2.57. The summed E-state index contributed by atoms with van der Waals surface area (Å²) in [7, 11) is -10.3. The van der Waals surface area contributed by atoms with Crippen molar-refractivity contribution in [1.82, 2.24) is 0 Å². The lowest BCUT2D eigenvalue weighted by molar-refractivity contribution is -0.276. The van der Waals surface area contributed by atoms with Crippen molar-refractivity contribution in [2.24, 2.45) is 0 Å². The van der Waals surface area contributed by atoms with Crippen LogP contribution in [0.4, 0.5) is 65.9 Å². The third kappa shape index (κ3) is 13.4. The maximum absolute atomic E-state index is 13.3. The van der Waals surface area contributed by atoms with E-state index in [-0.39, 0.29) is 0 Å². The average Bonchev–Trinajstić information content (AvgIpc) is 2.35. The molecule has 192 valence electrons. The summed E-state index contributed by atoms with van der Waals surface area (Å²) in [4.78, 5) is 0. The number of hydrogen-bond acceptors (Lipinski definition) is 6. The second kappa shape index (κ2) is 9.87. The molecule has 0 aliphatic carbocycles. The van der Waals surface area contributed by atoms with Gasteiger partial charge in [0.1, 0.15) is 19.3 Å². The van der Waals surface area contributed by atoms with Crippen molar-refractivity contribution in [3.8, 4) is 0 Å². The van der Waals surface area contributed by atoms with E-state index in [0.29, 0.717) is 0 Å². The Morgan fingerprint density at radius 3 is 0.727 bits per heavy atom. The van der Waals surface area contributed by atoms with Crippen LogP contribution in [-0.2, 0) is 27.7 Å². The van der Waals surface area contributed by atoms with Crippen LogP contribution in [0.15, 0.2) is 0 Å². The number of rotatable bonds is 9. The average molecular weight is 528 g/mol. The van der Waals surface area contributed by atoms with Gasteiger partial charge < -0.3 is 27.7 Å². The zero-order chi connectivity index (χ0) is 26.1. The minimum Gasteiger partial charge on any atom is -0.400 e. The Bertz CT molecular complexity index is 548. The summed E-state index contributed by atoms with van der Waals surface area (Å²) in [5.41, 5.74) is 0. The fourth-order valence-corrected chi connectivity index (χ4v) is 1.78. The van der Waals surface area contributed by atoms with Gasteiger partial charge in [0.2, 0.25) is 0 Å². The molecule has 1 saturated heterocycles. The van der Waals surface area contributed by atoms with Crippen molar-refractivity contribution >= 4 is 22.0 Å². The molecule has 0 spiro atoms. The Labute approximate surface area is 173 Å². The van der Waals surface area contributed by atoms with E-state index in [1.54, 1.807) is 0 Å². The summed E-state index contributed by atoms with van der Waals surface area (Å²) in [6.45, 7) is 0. The molecule has 0 N–H and O–H groups in total. The first-order valence-corrected chi connectivity index (χ1v) is 7.69. The summed E-state index contributed by atoms with van der Waals surface area (Å²) in [6.07, 6.45) is -42.3. The zero-order valence-corrected chi connectivity index (χ0v) is 15.0. The molecule has 1 fully saturated rings. The first-order valence-electron chi connectivity index (χ1n) is 7.69. The van der Waals surface area contributed by atoms with E-state index >= 15 is 0 Å². The van der Waals surface area contributed by atoms with E-state index < -0.39 is 78.1 Å². The molecule has 0 aromatic heterocycles. The quantitative estimate of drug-likeness (QED) is 0.321. The van der Waals surface area contributed by atoms with Crippen LogP contribution in [-0.4, -0.2) is 58.8 Å². The molecule has 1 heterocycles. The largest absolute Gasteiger partial charge is 0.619 e. The Balaban J connectivity index is 3.03. The molecule has 6 nitrogen and oxygen atoms in total. The summed E-state index contributed by atoms with van der Waals surface area (Å²) in [5, 5.41) is 0. The van der Waals surface area contributed by atoms with Gasteiger partial charge in [0.15, 0.2) is 0 Å². The van der Waals surface area contributed by atoms with Crippen molar-refractivity contribution in [3.05, 3.63) is 0 Å². The molecule has 1 aliphatic heterocycles. The van der Waals surface area contributed by atoms with Gasteiger partial charge >= 0.3 is 58.8 Å². The first kappa shape index (κ1) is 29.9. The normalized spacial score (nSPS) is 17.7. The highest BCUT2D eigenvalue weighted by molar-refractivity contribution is 6.67. The van der Waals surface area contributed by atoms with Gasteiger partial charge in [-0.15, -0.1) is 0 Å². The maximum atomic E-state index is 13.3. The van der Waals surface area contributed by atoms with Crippen LogP contribution in [0.2, 0.25) is 0 Å². The summed E-state index contributed by atoms with van der Waals surface area (Å²) >= 11 is 0. The maximum Gasteiger partial charge on any atom is 0.619 e. The van der Waals surface area contributed by atoms with Crippen LogP contribution in [0.3, 0.4) is 0 Å². The molecule has 1 aliphatic rings. The predicted octanol–water partition coefficient (Wildman–Crippen LogP) is 4.69. The summed E-state index contributed by atoms with van der Waals surface area (Å²) in [6, 6.07) is 0. The molecule has 0 aromatic carbocycles. The van der Waals surface area contributed by atoms with E-state index in [1.807, 2.05) is 0 Å². The monoisotopic (exact) mass is 528 g/mol. The molecule has 0 bridgehead atoms. The standard InChI is InChI=1S/C9H6B3F15O6/c13-4(14,15)1-7(22,23)28-10-31-11(29-8(24,25)2-5(16,17)18)33-12(32-10)30-9(26,27)3-6(19,20)21/h1-3H2. The van der Waals surface area contributed by atoms with Gasteiger partial charge in [-0.25, -0.2) is 0 Å². The van der Waals surface area contributed by atoms with Gasteiger partial charge in [-0.05, 0) is 0 Å². The van der Waals surface area contributed by atoms with Crippen molar-refractivity contribution in [2.75, 3.05) is 0 Å². The van der Waals surface area contributed by atoms with Crippen molar-refractivity contribution in [3.63, 3.8) is 0 Å². The number of halogens is 15. The molecule has 1 rings (SSSR count). The van der Waals surface area contributed by atoms with Crippen LogP contribution < -0.4 is 0 Å². The minimum atomic E-state index is -5.65. The van der Waals surface area contributed by atoms with Gasteiger partial charge in [0.25, 0.3) is 0 Å². The lowest BCUT2D eigenvalue weighted by atomic mass is 9.96. The Kier molecular flexibility index (Phi) is 8.96. The lowest BCUT2D eigenvalue weighted by Gasteiger charge is -2.33. The van der Waals surface area contributed by atoms with E-state index in [1.165, 1.54) is 0 Å². The van der Waals surface area contributed by atoms with E-state index in [2.05, 4.69) is 27.7 Å². The summed E-state index contributed by atoms with van der Waals surface area (Å²) in [5.74, 6) is 0. The van der Waals surface area contributed by atoms with Gasteiger partial charge in [0.05, 0.1) is 0 Å². The highest BCUT2D eigenvalue weighted by Gasteiger charge is 2.59. The molecule has 33 heavy (non-hydrogen) atoms. The third-order valence-electron chi connectivity index (χ3n) is 2.69. The van der Waals surface area contributed by atoms with Crippen LogP contribution in [0.5, 0.6) is 0 Å². The van der Waals surface area contributed by atoms with Crippen LogP contribution in [0, 0.1) is 0 Å². The van der Waals surface area contributed by atoms with Crippen molar-refractivity contribution < 1.29 is 93.5 Å². The molecule has 0 aromatic rings. The highest BCUT2D eigenvalue weighted by Crippen LogP contribution is 2.37. The molecule has 0 saturated carbocycles. The first-order chi connectivity index (χ1) is 14.4. The molecule has 0 atom stereocenters. The van der Waals surface area contributed by atoms with Gasteiger partial charge in [-0.2, -0.15) is 65.9 Å². The van der Waals surface area contributed by atoms with E-state index in [9.17, 15) is 65.9 Å². The van der Waals surface area contributed by atoms with E-state index in [0.717, 1.165) is 0 Å². The topological polar surface area (TPSA) is 55.4 Å². The number of alkyl halides is 15. The smallest absolute Gasteiger partial charge is 0.400 e. The minimum absolute atomic E-state index is 3.10. The fourth-order valence-electron chi connectivity index (χ4n) is 1.78. The Morgan fingerprint density at radius 1 is 0.394 bits per heavy atom. The van der Waals surface area contributed by atoms with Crippen molar-refractivity contribution in [2.45, 2.75) is 56.1 Å². The Morgan fingerprint density at radius 2 is 0.576 bits per heavy atom. The molecule has 24 heteroatoms. The second-order valence-electron chi connectivity index (χ2n) is 5.92. The molecular weight excluding hydrogens is 521 g/mol. The third-order valence-corrected chi connectivity index (χ3v) is 2.69. The van der Waals surface area contributed by atoms with Crippen LogP contribution in [0.1, 0.15) is 19.3 Å². The number of hydrogen-bond donors (Lipinski definition) is 0. The SMILES string of the molecule is FC(F)(F)CC(F)(F)OB1OB(OC(F)(F)CC(F)(F)F)OB(OC(F)(F)CC(F)(F)F)O1. The van der Waals surface area contributed by atoms with Crippen molar-refractivity contribution in [1.29, 1.82) is 0 Å². The second-order valence-corrected chi connectivity index (χ2v) is 5.92. The molecule has 0 unspecified atom stereocenters. The zero-order valence-electron chi connectivity index (χ0n) is 15.0. The van der Waals surface area contributed by atoms with Gasteiger partial charge in [-0.1, -0.05) is 0 Å². The molecule has 0 amide bonds. The molecule has 0 radical (unpaired) electrons. The van der Waals surface area contributed by atoms with Gasteiger partial charge in [-0.3, -0.25) is 0 Å². The fraction of sp³-hybridized carbons (Fsp3) is 1.00. The Hall–Kier alpha value is -1.10. The summed E-state index contributed by atoms with van der Waals surface area (Å²) < 4.78 is 210. The predicted molar refractivity (Wildman–Crippen MR) is 70.6 cm³/mol. The van der Waals surface area contributed by atoms with E-state index in [4.69, 9.17) is 0 Å². The molecular formula is C9H6B3F15O6. The highest BCUT2D eigenvalue weighted by atomic mass is 19.4. The van der Waals surface area contributed by atoms with Gasteiger partial charge in [0, 0.05) is 0 Å². The van der Waals surface area contributed by atoms with Crippen LogP contribution >= 0.6 is 0 Å². The van der Waals surface area contributed by atoms with Crippen LogP contribution in [0.25, 0.3) is 0 Å².